The topological polar surface area (TPSA) is 24.4 Å². The molecule has 0 saturated carbocycles. The molecule has 2 unspecified atom stereocenters. The maximum absolute atomic E-state index is 4.92. The first-order valence-corrected chi connectivity index (χ1v) is 6.17. The Kier molecular flexibility index (Phi) is 2.52. The first-order valence-electron chi connectivity index (χ1n) is 6.17. The molecule has 2 nitrogen and oxygen atoms in total. The van der Waals surface area contributed by atoms with Gasteiger partial charge in [0.1, 0.15) is 0 Å². The van der Waals surface area contributed by atoms with Crippen molar-refractivity contribution >= 4 is 5.71 Å². The molecule has 1 fully saturated rings. The summed E-state index contributed by atoms with van der Waals surface area (Å²) in [5, 5.41) is 3.46. The monoisotopic (exact) mass is 214 g/mol. The van der Waals surface area contributed by atoms with Gasteiger partial charge in [-0.05, 0) is 30.9 Å². The summed E-state index contributed by atoms with van der Waals surface area (Å²) in [6.07, 6.45) is 2.35. The van der Waals surface area contributed by atoms with E-state index in [-0.39, 0.29) is 0 Å². The number of benzene rings is 1. The van der Waals surface area contributed by atoms with Gasteiger partial charge in [0.2, 0.25) is 0 Å². The van der Waals surface area contributed by atoms with Crippen LogP contribution in [0.3, 0.4) is 0 Å². The standard InChI is InChI=1S/C14H18N2/c1-10-4-2-3-5-12(10)14-8-11-9-15-7-6-13(11)16-14/h2-5,11,14-15H,6-9H2,1H3. The van der Waals surface area contributed by atoms with E-state index in [4.69, 9.17) is 4.99 Å². The zero-order chi connectivity index (χ0) is 11.0. The maximum Gasteiger partial charge on any atom is 0.0757 e. The molecule has 1 aromatic carbocycles. The average molecular weight is 214 g/mol. The van der Waals surface area contributed by atoms with E-state index in [0.29, 0.717) is 12.0 Å². The Morgan fingerprint density at radius 1 is 1.31 bits per heavy atom. The van der Waals surface area contributed by atoms with E-state index in [0.717, 1.165) is 19.5 Å². The second kappa shape index (κ2) is 4.02. The highest BCUT2D eigenvalue weighted by Gasteiger charge is 2.30. The van der Waals surface area contributed by atoms with Gasteiger partial charge in [-0.3, -0.25) is 4.99 Å². The SMILES string of the molecule is Cc1ccccc1C1CC2CNCCC2=N1. The third-order valence-corrected chi connectivity index (χ3v) is 3.80. The van der Waals surface area contributed by atoms with Gasteiger partial charge in [0.05, 0.1) is 6.04 Å². The van der Waals surface area contributed by atoms with Crippen LogP contribution >= 0.6 is 0 Å². The summed E-state index contributed by atoms with van der Waals surface area (Å²) in [6.45, 7) is 4.42. The van der Waals surface area contributed by atoms with Crippen molar-refractivity contribution in [3.63, 3.8) is 0 Å². The van der Waals surface area contributed by atoms with E-state index < -0.39 is 0 Å². The minimum Gasteiger partial charge on any atom is -0.316 e. The number of rotatable bonds is 1. The van der Waals surface area contributed by atoms with Crippen LogP contribution in [0.1, 0.15) is 30.0 Å². The number of fused-ring (bicyclic) bond motifs is 1. The van der Waals surface area contributed by atoms with Crippen LogP contribution < -0.4 is 5.32 Å². The third kappa shape index (κ3) is 1.67. The van der Waals surface area contributed by atoms with Crippen LogP contribution in [0, 0.1) is 12.8 Å². The number of nitrogens with one attached hydrogen (secondary N) is 1. The van der Waals surface area contributed by atoms with Crippen molar-refractivity contribution in [2.75, 3.05) is 13.1 Å². The lowest BCUT2D eigenvalue weighted by Crippen LogP contribution is -2.34. The summed E-state index contributed by atoms with van der Waals surface area (Å²) in [6, 6.07) is 9.07. The molecule has 2 heterocycles. The molecular weight excluding hydrogens is 196 g/mol. The van der Waals surface area contributed by atoms with Crippen LogP contribution in [0.2, 0.25) is 0 Å². The molecule has 16 heavy (non-hydrogen) atoms. The molecule has 0 aliphatic carbocycles. The van der Waals surface area contributed by atoms with Crippen molar-refractivity contribution in [1.29, 1.82) is 0 Å². The van der Waals surface area contributed by atoms with Crippen LogP contribution in [0.25, 0.3) is 0 Å². The van der Waals surface area contributed by atoms with Gasteiger partial charge in [0.15, 0.2) is 0 Å². The number of hydrogen-bond acceptors (Lipinski definition) is 2. The van der Waals surface area contributed by atoms with Gasteiger partial charge in [-0.25, -0.2) is 0 Å². The molecule has 0 bridgehead atoms. The van der Waals surface area contributed by atoms with Crippen molar-refractivity contribution < 1.29 is 0 Å². The predicted octanol–water partition coefficient (Wildman–Crippen LogP) is 2.49. The van der Waals surface area contributed by atoms with Crippen molar-refractivity contribution in [2.24, 2.45) is 10.9 Å². The summed E-state index contributed by atoms with van der Waals surface area (Å²) < 4.78 is 0. The number of aliphatic imine (C=N–C) groups is 1. The minimum atomic E-state index is 0.418. The smallest absolute Gasteiger partial charge is 0.0757 e. The molecule has 2 aliphatic rings. The summed E-state index contributed by atoms with van der Waals surface area (Å²) in [5.74, 6) is 0.693. The van der Waals surface area contributed by atoms with Gasteiger partial charge < -0.3 is 5.32 Å². The van der Waals surface area contributed by atoms with E-state index in [1.807, 2.05) is 0 Å². The van der Waals surface area contributed by atoms with E-state index in [9.17, 15) is 0 Å². The molecule has 0 aromatic heterocycles. The lowest BCUT2D eigenvalue weighted by atomic mass is 9.91. The van der Waals surface area contributed by atoms with Crippen LogP contribution in [-0.2, 0) is 0 Å². The second-order valence-corrected chi connectivity index (χ2v) is 4.88. The van der Waals surface area contributed by atoms with Crippen LogP contribution in [0.4, 0.5) is 0 Å². The average Bonchev–Trinajstić information content (AvgIpc) is 2.73. The van der Waals surface area contributed by atoms with E-state index >= 15 is 0 Å². The lowest BCUT2D eigenvalue weighted by molar-refractivity contribution is 0.515. The molecule has 3 rings (SSSR count). The number of aryl methyl sites for hydroxylation is 1. The predicted molar refractivity (Wildman–Crippen MR) is 66.9 cm³/mol. The van der Waals surface area contributed by atoms with Gasteiger partial charge in [-0.15, -0.1) is 0 Å². The first kappa shape index (κ1) is 10.0. The Morgan fingerprint density at radius 2 is 2.19 bits per heavy atom. The van der Waals surface area contributed by atoms with Crippen LogP contribution in [-0.4, -0.2) is 18.8 Å². The van der Waals surface area contributed by atoms with Crippen LogP contribution in [0.5, 0.6) is 0 Å². The van der Waals surface area contributed by atoms with Gasteiger partial charge in [-0.2, -0.15) is 0 Å². The molecule has 2 aliphatic heterocycles. The zero-order valence-electron chi connectivity index (χ0n) is 9.74. The fraction of sp³-hybridized carbons (Fsp3) is 0.500. The number of nitrogens with zero attached hydrogens (tertiary/aromatic N) is 1. The van der Waals surface area contributed by atoms with E-state index in [1.165, 1.54) is 23.3 Å². The van der Waals surface area contributed by atoms with Crippen molar-refractivity contribution in [3.8, 4) is 0 Å². The van der Waals surface area contributed by atoms with Crippen LogP contribution in [0.15, 0.2) is 29.3 Å². The highest BCUT2D eigenvalue weighted by molar-refractivity contribution is 5.89. The first-order chi connectivity index (χ1) is 7.84. The van der Waals surface area contributed by atoms with Crippen molar-refractivity contribution in [2.45, 2.75) is 25.8 Å². The molecule has 2 atom stereocenters. The Hall–Kier alpha value is -1.15. The minimum absolute atomic E-state index is 0.418. The Morgan fingerprint density at radius 3 is 3.00 bits per heavy atom. The van der Waals surface area contributed by atoms with Gasteiger partial charge in [-0.1, -0.05) is 24.3 Å². The summed E-state index contributed by atoms with van der Waals surface area (Å²) in [4.78, 5) is 4.92. The summed E-state index contributed by atoms with van der Waals surface area (Å²) in [5.41, 5.74) is 4.25. The second-order valence-electron chi connectivity index (χ2n) is 4.88. The normalized spacial score (nSPS) is 28.7. The molecule has 0 radical (unpaired) electrons. The molecule has 1 aromatic rings. The molecular formula is C14H18N2. The summed E-state index contributed by atoms with van der Waals surface area (Å²) in [7, 11) is 0. The molecule has 1 N–H and O–H groups in total. The molecule has 1 saturated heterocycles. The number of piperidine rings is 1. The van der Waals surface area contributed by atoms with Gasteiger partial charge in [0.25, 0.3) is 0 Å². The fourth-order valence-electron chi connectivity index (χ4n) is 2.88. The quantitative estimate of drug-likeness (QED) is 0.763. The van der Waals surface area contributed by atoms with Gasteiger partial charge >= 0.3 is 0 Å². The Balaban J connectivity index is 1.88. The Labute approximate surface area is 96.8 Å². The van der Waals surface area contributed by atoms with Crippen molar-refractivity contribution in [1.82, 2.24) is 5.32 Å². The molecule has 0 amide bonds. The maximum atomic E-state index is 4.92. The highest BCUT2D eigenvalue weighted by Crippen LogP contribution is 2.35. The van der Waals surface area contributed by atoms with E-state index in [1.54, 1.807) is 0 Å². The fourth-order valence-corrected chi connectivity index (χ4v) is 2.88. The van der Waals surface area contributed by atoms with Gasteiger partial charge in [0, 0.05) is 24.7 Å². The third-order valence-electron chi connectivity index (χ3n) is 3.80. The number of hydrogen-bond donors (Lipinski definition) is 1. The molecule has 2 heteroatoms. The van der Waals surface area contributed by atoms with E-state index in [2.05, 4.69) is 36.5 Å². The summed E-state index contributed by atoms with van der Waals surface area (Å²) >= 11 is 0. The lowest BCUT2D eigenvalue weighted by Gasteiger charge is -2.19. The molecule has 0 spiro atoms. The van der Waals surface area contributed by atoms with Crippen molar-refractivity contribution in [3.05, 3.63) is 35.4 Å². The highest BCUT2D eigenvalue weighted by atomic mass is 14.9. The molecule has 84 valence electrons. The largest absolute Gasteiger partial charge is 0.316 e. The zero-order valence-corrected chi connectivity index (χ0v) is 9.74. The Bertz CT molecular complexity index is 422.